The first-order valence-electron chi connectivity index (χ1n) is 9.13. The molecule has 0 saturated carbocycles. The molecule has 1 heterocycles. The molecule has 162 valence electrons. The zero-order chi connectivity index (χ0) is 23.0. The molecular formula is C21H18F3N3O4. The largest absolute Gasteiger partial charge is 0.421 e. The highest BCUT2D eigenvalue weighted by molar-refractivity contribution is 6.09. The Morgan fingerprint density at radius 3 is 2.19 bits per heavy atom. The minimum atomic E-state index is -5.07. The van der Waals surface area contributed by atoms with Crippen molar-refractivity contribution in [2.45, 2.75) is 18.1 Å². The lowest BCUT2D eigenvalue weighted by molar-refractivity contribution is -0.385. The van der Waals surface area contributed by atoms with Gasteiger partial charge in [-0.2, -0.15) is 13.2 Å². The Kier molecular flexibility index (Phi) is 5.58. The third-order valence-corrected chi connectivity index (χ3v) is 5.31. The Morgan fingerprint density at radius 2 is 1.61 bits per heavy atom. The van der Waals surface area contributed by atoms with E-state index in [0.29, 0.717) is 9.80 Å². The lowest BCUT2D eigenvalue weighted by atomic mass is 9.84. The predicted molar refractivity (Wildman–Crippen MR) is 106 cm³/mol. The van der Waals surface area contributed by atoms with Gasteiger partial charge in [0, 0.05) is 26.6 Å². The van der Waals surface area contributed by atoms with E-state index < -0.39 is 40.6 Å². The van der Waals surface area contributed by atoms with E-state index in [2.05, 4.69) is 0 Å². The van der Waals surface area contributed by atoms with Crippen LogP contribution in [0.3, 0.4) is 0 Å². The SMILES string of the molecule is CN1C(=O)C(Cc2ccccc2)(C(F)(F)F)N(C)C(=O)C1=Cc1ccccc1[N+](=O)[O-]. The van der Waals surface area contributed by atoms with Crippen molar-refractivity contribution in [3.8, 4) is 0 Å². The third kappa shape index (κ3) is 3.65. The predicted octanol–water partition coefficient (Wildman–Crippen LogP) is 3.41. The van der Waals surface area contributed by atoms with Gasteiger partial charge in [0.15, 0.2) is 0 Å². The number of rotatable bonds is 4. The van der Waals surface area contributed by atoms with Crippen LogP contribution in [0.15, 0.2) is 60.3 Å². The Balaban J connectivity index is 2.13. The van der Waals surface area contributed by atoms with Gasteiger partial charge < -0.3 is 9.80 Å². The molecule has 1 aliphatic rings. The molecule has 2 amide bonds. The summed E-state index contributed by atoms with van der Waals surface area (Å²) < 4.78 is 42.9. The second kappa shape index (κ2) is 7.86. The fourth-order valence-electron chi connectivity index (χ4n) is 3.60. The van der Waals surface area contributed by atoms with Crippen molar-refractivity contribution >= 4 is 23.6 Å². The van der Waals surface area contributed by atoms with Gasteiger partial charge in [-0.15, -0.1) is 0 Å². The summed E-state index contributed by atoms with van der Waals surface area (Å²) in [6.45, 7) is 0. The quantitative estimate of drug-likeness (QED) is 0.420. The van der Waals surface area contributed by atoms with Crippen LogP contribution in [0.1, 0.15) is 11.1 Å². The van der Waals surface area contributed by atoms with Gasteiger partial charge in [-0.05, 0) is 17.7 Å². The van der Waals surface area contributed by atoms with Crippen molar-refractivity contribution in [1.82, 2.24) is 9.80 Å². The van der Waals surface area contributed by atoms with Gasteiger partial charge in [0.1, 0.15) is 5.70 Å². The number of likely N-dealkylation sites (N-methyl/N-ethyl adjacent to an activating group) is 2. The van der Waals surface area contributed by atoms with Crippen molar-refractivity contribution in [1.29, 1.82) is 0 Å². The lowest BCUT2D eigenvalue weighted by Gasteiger charge is -2.48. The van der Waals surface area contributed by atoms with Gasteiger partial charge in [-0.25, -0.2) is 0 Å². The van der Waals surface area contributed by atoms with Crippen LogP contribution in [0, 0.1) is 10.1 Å². The van der Waals surface area contributed by atoms with Gasteiger partial charge in [-0.3, -0.25) is 19.7 Å². The number of benzene rings is 2. The van der Waals surface area contributed by atoms with Crippen LogP contribution in [0.2, 0.25) is 0 Å². The molecule has 0 aliphatic carbocycles. The molecule has 0 N–H and O–H groups in total. The van der Waals surface area contributed by atoms with Gasteiger partial charge >= 0.3 is 6.18 Å². The highest BCUT2D eigenvalue weighted by Crippen LogP contribution is 2.43. The number of carbonyl (C=O) groups is 2. The molecule has 0 aromatic heterocycles. The summed E-state index contributed by atoms with van der Waals surface area (Å²) in [5, 5.41) is 11.2. The van der Waals surface area contributed by atoms with Crippen LogP contribution in [-0.2, 0) is 16.0 Å². The number of amides is 2. The lowest BCUT2D eigenvalue weighted by Crippen LogP contribution is -2.72. The van der Waals surface area contributed by atoms with E-state index in [9.17, 15) is 32.9 Å². The maximum Gasteiger partial charge on any atom is 0.421 e. The van der Waals surface area contributed by atoms with Crippen LogP contribution >= 0.6 is 0 Å². The van der Waals surface area contributed by atoms with E-state index in [1.165, 1.54) is 48.5 Å². The summed E-state index contributed by atoms with van der Waals surface area (Å²) in [5.41, 5.74) is -3.63. The van der Waals surface area contributed by atoms with Gasteiger partial charge in [0.25, 0.3) is 17.5 Å². The number of nitrogens with zero attached hydrogens (tertiary/aromatic N) is 3. The van der Waals surface area contributed by atoms with Gasteiger partial charge in [0.05, 0.1) is 10.5 Å². The van der Waals surface area contributed by atoms with E-state index >= 15 is 0 Å². The third-order valence-electron chi connectivity index (χ3n) is 5.31. The number of nitro groups is 1. The number of piperazine rings is 1. The molecule has 1 fully saturated rings. The average molecular weight is 433 g/mol. The molecule has 1 saturated heterocycles. The monoisotopic (exact) mass is 433 g/mol. The summed E-state index contributed by atoms with van der Waals surface area (Å²) in [6.07, 6.45) is -4.78. The number of carbonyl (C=O) groups excluding carboxylic acids is 2. The topological polar surface area (TPSA) is 83.8 Å². The van der Waals surface area contributed by atoms with Crippen LogP contribution < -0.4 is 0 Å². The van der Waals surface area contributed by atoms with Crippen molar-refractivity contribution < 1.29 is 27.7 Å². The maximum atomic E-state index is 14.3. The smallest absolute Gasteiger partial charge is 0.318 e. The number of halogens is 3. The first-order valence-corrected chi connectivity index (χ1v) is 9.13. The van der Waals surface area contributed by atoms with Crippen LogP contribution in [-0.4, -0.2) is 52.3 Å². The van der Waals surface area contributed by atoms with Crippen LogP contribution in [0.25, 0.3) is 6.08 Å². The molecule has 0 spiro atoms. The van der Waals surface area contributed by atoms with Crippen molar-refractivity contribution in [2.24, 2.45) is 0 Å². The Morgan fingerprint density at radius 1 is 1.03 bits per heavy atom. The molecule has 0 bridgehead atoms. The number of alkyl halides is 3. The molecule has 31 heavy (non-hydrogen) atoms. The minimum absolute atomic E-state index is 0.00790. The summed E-state index contributed by atoms with van der Waals surface area (Å²) in [4.78, 5) is 37.7. The highest BCUT2D eigenvalue weighted by atomic mass is 19.4. The molecule has 7 nitrogen and oxygen atoms in total. The average Bonchev–Trinajstić information content (AvgIpc) is 2.73. The Bertz CT molecular complexity index is 1070. The second-order valence-corrected chi connectivity index (χ2v) is 7.09. The fourth-order valence-corrected chi connectivity index (χ4v) is 3.60. The van der Waals surface area contributed by atoms with Crippen molar-refractivity contribution in [3.05, 3.63) is 81.5 Å². The van der Waals surface area contributed by atoms with Gasteiger partial charge in [0.2, 0.25) is 5.54 Å². The number of hydrogen-bond donors (Lipinski definition) is 0. The molecule has 10 heteroatoms. The molecule has 1 atom stereocenters. The highest BCUT2D eigenvalue weighted by Gasteiger charge is 2.67. The first kappa shape index (κ1) is 22.0. The van der Waals surface area contributed by atoms with E-state index in [-0.39, 0.29) is 16.8 Å². The Labute approximate surface area is 175 Å². The Hall–Kier alpha value is -3.69. The summed E-state index contributed by atoms with van der Waals surface area (Å²) in [7, 11) is 1.97. The standard InChI is InChI=1S/C21H18F3N3O4/c1-25-17(12-15-10-6-7-11-16(15)27(30)31)18(28)26(2)20(19(25)29,21(22,23)24)13-14-8-4-3-5-9-14/h3-12H,13H2,1-2H3. The van der Waals surface area contributed by atoms with Crippen molar-refractivity contribution in [3.63, 3.8) is 0 Å². The molecule has 1 unspecified atom stereocenters. The van der Waals surface area contributed by atoms with Crippen molar-refractivity contribution in [2.75, 3.05) is 14.1 Å². The number of hydrogen-bond acceptors (Lipinski definition) is 4. The number of nitro benzene ring substituents is 1. The zero-order valence-electron chi connectivity index (χ0n) is 16.6. The zero-order valence-corrected chi connectivity index (χ0v) is 16.6. The van der Waals surface area contributed by atoms with E-state index in [1.807, 2.05) is 0 Å². The summed E-state index contributed by atoms with van der Waals surface area (Å²) >= 11 is 0. The van der Waals surface area contributed by atoms with E-state index in [0.717, 1.165) is 20.2 Å². The molecule has 3 rings (SSSR count). The first-order chi connectivity index (χ1) is 14.5. The van der Waals surface area contributed by atoms with E-state index in [1.54, 1.807) is 6.07 Å². The molecule has 0 radical (unpaired) electrons. The van der Waals surface area contributed by atoms with Crippen LogP contribution in [0.5, 0.6) is 0 Å². The summed E-state index contributed by atoms with van der Waals surface area (Å²) in [6, 6.07) is 13.0. The fraction of sp³-hybridized carbons (Fsp3) is 0.238. The molecule has 2 aromatic rings. The van der Waals surface area contributed by atoms with E-state index in [4.69, 9.17) is 0 Å². The minimum Gasteiger partial charge on any atom is -0.318 e. The molecule has 2 aromatic carbocycles. The van der Waals surface area contributed by atoms with Gasteiger partial charge in [-0.1, -0.05) is 42.5 Å². The molecule has 1 aliphatic heterocycles. The molecular weight excluding hydrogens is 415 g/mol. The normalized spacial score (nSPS) is 21.0. The second-order valence-electron chi connectivity index (χ2n) is 7.09. The number of para-hydroxylation sites is 1. The summed E-state index contributed by atoms with van der Waals surface area (Å²) in [5.74, 6) is -2.43. The van der Waals surface area contributed by atoms with Crippen LogP contribution in [0.4, 0.5) is 18.9 Å². The maximum absolute atomic E-state index is 14.3.